The number of thiophene rings is 1. The van der Waals surface area contributed by atoms with Crippen LogP contribution in [0.3, 0.4) is 0 Å². The number of nitrogens with one attached hydrogen (secondary N) is 1. The Bertz CT molecular complexity index is 627. The summed E-state index contributed by atoms with van der Waals surface area (Å²) in [5, 5.41) is 5.49. The highest BCUT2D eigenvalue weighted by Crippen LogP contribution is 2.19. The molecular formula is C14H19N3OS. The summed E-state index contributed by atoms with van der Waals surface area (Å²) in [5.41, 5.74) is 2.07. The number of rotatable bonds is 6. The van der Waals surface area contributed by atoms with Crippen LogP contribution in [0.25, 0.3) is 10.2 Å². The molecule has 4 nitrogen and oxygen atoms in total. The number of fused-ring (bicyclic) bond motifs is 1. The maximum Gasteiger partial charge on any atom is 0.271 e. The second kappa shape index (κ2) is 5.43. The van der Waals surface area contributed by atoms with Crippen molar-refractivity contribution in [1.82, 2.24) is 14.9 Å². The molecule has 0 radical (unpaired) electrons. The molecule has 0 saturated heterocycles. The molecule has 0 bridgehead atoms. The van der Waals surface area contributed by atoms with Crippen LogP contribution in [0.5, 0.6) is 0 Å². The van der Waals surface area contributed by atoms with Crippen LogP contribution in [0.1, 0.15) is 31.2 Å². The molecule has 1 aliphatic carbocycles. The number of hydrogen-bond donors (Lipinski definition) is 1. The summed E-state index contributed by atoms with van der Waals surface area (Å²) in [5.74, 6) is 0. The van der Waals surface area contributed by atoms with Crippen molar-refractivity contribution < 1.29 is 0 Å². The van der Waals surface area contributed by atoms with Gasteiger partial charge in [-0.3, -0.25) is 9.36 Å². The van der Waals surface area contributed by atoms with Crippen molar-refractivity contribution in [3.05, 3.63) is 27.6 Å². The van der Waals surface area contributed by atoms with Gasteiger partial charge in [0.25, 0.3) is 5.56 Å². The SMILES string of the molecule is Cc1csc2c(=O)n(CCCCNC3CC3)cnc12. The van der Waals surface area contributed by atoms with Crippen molar-refractivity contribution in [2.75, 3.05) is 6.54 Å². The van der Waals surface area contributed by atoms with Gasteiger partial charge in [0, 0.05) is 12.6 Å². The fourth-order valence-electron chi connectivity index (χ4n) is 2.22. The molecule has 2 heterocycles. The molecule has 0 atom stereocenters. The minimum atomic E-state index is 0.109. The second-order valence-corrected chi connectivity index (χ2v) is 6.15. The van der Waals surface area contributed by atoms with Crippen molar-refractivity contribution in [2.45, 2.75) is 45.2 Å². The highest BCUT2D eigenvalue weighted by molar-refractivity contribution is 7.17. The van der Waals surface area contributed by atoms with Crippen LogP contribution < -0.4 is 10.9 Å². The quantitative estimate of drug-likeness (QED) is 0.824. The first-order valence-electron chi connectivity index (χ1n) is 6.92. The zero-order valence-corrected chi connectivity index (χ0v) is 12.0. The van der Waals surface area contributed by atoms with E-state index in [-0.39, 0.29) is 5.56 Å². The molecular weight excluding hydrogens is 258 g/mol. The Labute approximate surface area is 116 Å². The number of hydrogen-bond acceptors (Lipinski definition) is 4. The highest BCUT2D eigenvalue weighted by atomic mass is 32.1. The molecule has 1 fully saturated rings. The second-order valence-electron chi connectivity index (χ2n) is 5.28. The lowest BCUT2D eigenvalue weighted by Gasteiger charge is -2.06. The van der Waals surface area contributed by atoms with E-state index in [9.17, 15) is 4.79 Å². The standard InChI is InChI=1S/C14H19N3OS/c1-10-8-19-13-12(10)16-9-17(14(13)18)7-3-2-6-15-11-4-5-11/h8-9,11,15H,2-7H2,1H3. The predicted octanol–water partition coefficient (Wildman–Crippen LogP) is 2.30. The van der Waals surface area contributed by atoms with Gasteiger partial charge in [-0.25, -0.2) is 4.98 Å². The van der Waals surface area contributed by atoms with E-state index in [0.717, 1.165) is 47.8 Å². The summed E-state index contributed by atoms with van der Waals surface area (Å²) in [6.45, 7) is 3.83. The van der Waals surface area contributed by atoms with Crippen molar-refractivity contribution in [3.8, 4) is 0 Å². The van der Waals surface area contributed by atoms with E-state index >= 15 is 0 Å². The Morgan fingerprint density at radius 2 is 2.32 bits per heavy atom. The van der Waals surface area contributed by atoms with E-state index in [1.165, 1.54) is 24.2 Å². The summed E-state index contributed by atoms with van der Waals surface area (Å²) in [6, 6.07) is 0.773. The van der Waals surface area contributed by atoms with Gasteiger partial charge in [0.15, 0.2) is 0 Å². The molecule has 102 valence electrons. The number of unbranched alkanes of at least 4 members (excludes halogenated alkanes) is 1. The third-order valence-corrected chi connectivity index (χ3v) is 4.63. The van der Waals surface area contributed by atoms with Gasteiger partial charge in [-0.05, 0) is 50.1 Å². The van der Waals surface area contributed by atoms with E-state index in [0.29, 0.717) is 0 Å². The zero-order chi connectivity index (χ0) is 13.2. The third-order valence-electron chi connectivity index (χ3n) is 3.56. The molecule has 2 aromatic heterocycles. The lowest BCUT2D eigenvalue weighted by Crippen LogP contribution is -2.21. The van der Waals surface area contributed by atoms with Crippen LogP contribution in [-0.4, -0.2) is 22.1 Å². The summed E-state index contributed by atoms with van der Waals surface area (Å²) in [7, 11) is 0. The predicted molar refractivity (Wildman–Crippen MR) is 78.9 cm³/mol. The first-order chi connectivity index (χ1) is 9.25. The molecule has 2 aromatic rings. The molecule has 1 aliphatic rings. The molecule has 0 spiro atoms. The molecule has 5 heteroatoms. The van der Waals surface area contributed by atoms with Gasteiger partial charge >= 0.3 is 0 Å². The maximum atomic E-state index is 12.2. The van der Waals surface area contributed by atoms with Crippen molar-refractivity contribution in [3.63, 3.8) is 0 Å². The van der Waals surface area contributed by atoms with E-state index in [2.05, 4.69) is 10.3 Å². The van der Waals surface area contributed by atoms with Crippen LogP contribution >= 0.6 is 11.3 Å². The third kappa shape index (κ3) is 2.87. The Balaban J connectivity index is 1.60. The first kappa shape index (κ1) is 12.8. The van der Waals surface area contributed by atoms with Crippen LogP contribution in [0, 0.1) is 6.92 Å². The van der Waals surface area contributed by atoms with Gasteiger partial charge in [0.2, 0.25) is 0 Å². The molecule has 3 rings (SSSR count). The van der Waals surface area contributed by atoms with Gasteiger partial charge in [0.05, 0.1) is 11.8 Å². The van der Waals surface area contributed by atoms with E-state index in [4.69, 9.17) is 0 Å². The first-order valence-corrected chi connectivity index (χ1v) is 7.80. The highest BCUT2D eigenvalue weighted by Gasteiger charge is 2.19. The summed E-state index contributed by atoms with van der Waals surface area (Å²) in [6.07, 6.45) is 6.50. The van der Waals surface area contributed by atoms with E-state index in [1.807, 2.05) is 12.3 Å². The topological polar surface area (TPSA) is 46.9 Å². The molecule has 1 N–H and O–H groups in total. The summed E-state index contributed by atoms with van der Waals surface area (Å²) >= 11 is 1.50. The smallest absolute Gasteiger partial charge is 0.271 e. The van der Waals surface area contributed by atoms with Gasteiger partial charge in [0.1, 0.15) is 4.70 Å². The lowest BCUT2D eigenvalue weighted by molar-refractivity contribution is 0.556. The minimum absolute atomic E-state index is 0.109. The van der Waals surface area contributed by atoms with E-state index in [1.54, 1.807) is 10.9 Å². The van der Waals surface area contributed by atoms with Crippen LogP contribution in [0.15, 0.2) is 16.5 Å². The maximum absolute atomic E-state index is 12.2. The largest absolute Gasteiger partial charge is 0.314 e. The van der Waals surface area contributed by atoms with Crippen LogP contribution in [-0.2, 0) is 6.54 Å². The average Bonchev–Trinajstić information content (AvgIpc) is 3.15. The molecule has 19 heavy (non-hydrogen) atoms. The fraction of sp³-hybridized carbons (Fsp3) is 0.571. The Hall–Kier alpha value is -1.20. The molecule has 0 unspecified atom stereocenters. The van der Waals surface area contributed by atoms with Gasteiger partial charge < -0.3 is 5.32 Å². The monoisotopic (exact) mass is 277 g/mol. The normalized spacial score (nSPS) is 15.2. The van der Waals surface area contributed by atoms with Gasteiger partial charge in [-0.15, -0.1) is 11.3 Å². The van der Waals surface area contributed by atoms with Gasteiger partial charge in [-0.2, -0.15) is 0 Å². The van der Waals surface area contributed by atoms with Crippen molar-refractivity contribution in [1.29, 1.82) is 0 Å². The van der Waals surface area contributed by atoms with Gasteiger partial charge in [-0.1, -0.05) is 0 Å². The molecule has 0 aliphatic heterocycles. The Morgan fingerprint density at radius 3 is 3.11 bits per heavy atom. The average molecular weight is 277 g/mol. The fourth-order valence-corrected chi connectivity index (χ4v) is 3.17. The summed E-state index contributed by atoms with van der Waals surface area (Å²) < 4.78 is 2.53. The van der Waals surface area contributed by atoms with E-state index < -0.39 is 0 Å². The van der Waals surface area contributed by atoms with Crippen LogP contribution in [0.4, 0.5) is 0 Å². The van der Waals surface area contributed by atoms with Crippen molar-refractivity contribution in [2.24, 2.45) is 0 Å². The summed E-state index contributed by atoms with van der Waals surface area (Å²) in [4.78, 5) is 16.6. The molecule has 0 aromatic carbocycles. The van der Waals surface area contributed by atoms with Crippen LogP contribution in [0.2, 0.25) is 0 Å². The lowest BCUT2D eigenvalue weighted by atomic mass is 10.3. The Kier molecular flexibility index (Phi) is 3.66. The minimum Gasteiger partial charge on any atom is -0.314 e. The Morgan fingerprint density at radius 1 is 1.47 bits per heavy atom. The zero-order valence-electron chi connectivity index (χ0n) is 11.2. The number of nitrogens with zero attached hydrogens (tertiary/aromatic N) is 2. The van der Waals surface area contributed by atoms with Crippen molar-refractivity contribution >= 4 is 21.6 Å². The molecule has 1 saturated carbocycles. The number of aryl methyl sites for hydroxylation is 2. The number of aromatic nitrogens is 2. The molecule has 0 amide bonds.